The van der Waals surface area contributed by atoms with Crippen LogP contribution in [0.2, 0.25) is 0 Å². The highest BCUT2D eigenvalue weighted by Gasteiger charge is 2.31. The molecule has 0 aromatic carbocycles. The minimum Gasteiger partial charge on any atom is -0.461 e. The maximum Gasteiger partial charge on any atom is 0.264 e. The van der Waals surface area contributed by atoms with Gasteiger partial charge in [0.15, 0.2) is 5.82 Å². The first-order valence-corrected chi connectivity index (χ1v) is 9.28. The van der Waals surface area contributed by atoms with Crippen molar-refractivity contribution in [2.45, 2.75) is 38.6 Å². The van der Waals surface area contributed by atoms with E-state index in [2.05, 4.69) is 10.1 Å². The molecule has 1 atom stereocenters. The van der Waals surface area contributed by atoms with Crippen LogP contribution in [0.4, 0.5) is 0 Å². The summed E-state index contributed by atoms with van der Waals surface area (Å²) in [4.78, 5) is 20.9. The van der Waals surface area contributed by atoms with Gasteiger partial charge in [-0.15, -0.1) is 11.3 Å². The molecule has 0 N–H and O–H groups in total. The monoisotopic (exact) mass is 357 g/mol. The van der Waals surface area contributed by atoms with Crippen LogP contribution in [0.5, 0.6) is 0 Å². The lowest BCUT2D eigenvalue weighted by Gasteiger charge is -2.27. The Morgan fingerprint density at radius 3 is 2.92 bits per heavy atom. The number of hydrogen-bond acceptors (Lipinski definition) is 6. The number of carbonyl (C=O) groups is 1. The Balaban J connectivity index is 1.61. The lowest BCUT2D eigenvalue weighted by atomic mass is 10.1. The van der Waals surface area contributed by atoms with Crippen molar-refractivity contribution in [3.05, 3.63) is 47.1 Å². The summed E-state index contributed by atoms with van der Waals surface area (Å²) in [5.74, 6) is 2.28. The molecule has 0 saturated carbocycles. The summed E-state index contributed by atoms with van der Waals surface area (Å²) in [5, 5.41) is 3.97. The first kappa shape index (κ1) is 16.1. The number of nitrogens with zero attached hydrogens (tertiary/aromatic N) is 3. The van der Waals surface area contributed by atoms with Crippen LogP contribution in [0.1, 0.15) is 53.0 Å². The highest BCUT2D eigenvalue weighted by Crippen LogP contribution is 2.34. The third-order valence-corrected chi connectivity index (χ3v) is 5.58. The minimum atomic E-state index is -0.120. The van der Waals surface area contributed by atoms with E-state index in [1.165, 1.54) is 17.7 Å². The fourth-order valence-corrected chi connectivity index (χ4v) is 4.16. The van der Waals surface area contributed by atoms with Crippen molar-refractivity contribution in [2.75, 3.05) is 6.54 Å². The van der Waals surface area contributed by atoms with Crippen LogP contribution in [0, 0.1) is 6.92 Å². The Morgan fingerprint density at radius 1 is 1.24 bits per heavy atom. The fourth-order valence-electron chi connectivity index (χ4n) is 3.24. The molecule has 130 valence electrons. The van der Waals surface area contributed by atoms with E-state index in [0.717, 1.165) is 42.1 Å². The highest BCUT2D eigenvalue weighted by molar-refractivity contribution is 7.17. The van der Waals surface area contributed by atoms with Crippen molar-refractivity contribution in [2.24, 2.45) is 0 Å². The molecule has 4 rings (SSSR count). The number of aryl methyl sites for hydroxylation is 1. The first-order chi connectivity index (χ1) is 12.2. The SMILES string of the molecule is Cc1ccc(-c2ccc(C(=O)N3CCCCCC3c3ncon3)s2)o1. The fraction of sp³-hybridized carbons (Fsp3) is 0.389. The van der Waals surface area contributed by atoms with Crippen molar-refractivity contribution in [1.82, 2.24) is 15.0 Å². The van der Waals surface area contributed by atoms with Gasteiger partial charge in [-0.25, -0.2) is 0 Å². The zero-order valence-corrected chi connectivity index (χ0v) is 14.8. The molecule has 4 heterocycles. The van der Waals surface area contributed by atoms with Gasteiger partial charge < -0.3 is 13.8 Å². The molecule has 3 aromatic heterocycles. The number of likely N-dealkylation sites (tertiary alicyclic amines) is 1. The van der Waals surface area contributed by atoms with E-state index < -0.39 is 0 Å². The number of amides is 1. The second kappa shape index (κ2) is 6.84. The predicted molar refractivity (Wildman–Crippen MR) is 93.3 cm³/mol. The topological polar surface area (TPSA) is 72.4 Å². The lowest BCUT2D eigenvalue weighted by Crippen LogP contribution is -2.34. The molecule has 6 nitrogen and oxygen atoms in total. The molecule has 25 heavy (non-hydrogen) atoms. The van der Waals surface area contributed by atoms with Crippen molar-refractivity contribution in [3.8, 4) is 10.6 Å². The summed E-state index contributed by atoms with van der Waals surface area (Å²) in [7, 11) is 0. The van der Waals surface area contributed by atoms with Gasteiger partial charge in [-0.05, 0) is 44.0 Å². The molecular weight excluding hydrogens is 338 g/mol. The van der Waals surface area contributed by atoms with Crippen molar-refractivity contribution in [3.63, 3.8) is 0 Å². The Morgan fingerprint density at radius 2 is 2.16 bits per heavy atom. The first-order valence-electron chi connectivity index (χ1n) is 8.46. The van der Waals surface area contributed by atoms with Crippen molar-refractivity contribution >= 4 is 17.2 Å². The molecule has 1 fully saturated rings. The standard InChI is InChI=1S/C18H19N3O3S/c1-12-6-7-14(24-12)15-8-9-16(25-15)18(22)21-10-4-2-3-5-13(21)17-19-11-23-20-17/h6-9,11,13H,2-5,10H2,1H3. The maximum absolute atomic E-state index is 13.1. The number of rotatable bonds is 3. The third-order valence-electron chi connectivity index (χ3n) is 4.49. The summed E-state index contributed by atoms with van der Waals surface area (Å²) in [6.45, 7) is 2.63. The van der Waals surface area contributed by atoms with Crippen LogP contribution < -0.4 is 0 Å². The Bertz CT molecular complexity index is 853. The summed E-state index contributed by atoms with van der Waals surface area (Å²) in [5.41, 5.74) is 0. The number of aromatic nitrogens is 2. The van der Waals surface area contributed by atoms with Gasteiger partial charge in [0, 0.05) is 6.54 Å². The zero-order valence-electron chi connectivity index (χ0n) is 14.0. The molecule has 7 heteroatoms. The molecular formula is C18H19N3O3S. The highest BCUT2D eigenvalue weighted by atomic mass is 32.1. The Labute approximate surface area is 149 Å². The van der Waals surface area contributed by atoms with E-state index in [4.69, 9.17) is 8.94 Å². The molecule has 1 aliphatic heterocycles. The number of furan rings is 1. The van der Waals surface area contributed by atoms with Crippen molar-refractivity contribution < 1.29 is 13.7 Å². The van der Waals surface area contributed by atoms with Crippen LogP contribution in [0.3, 0.4) is 0 Å². The number of carbonyl (C=O) groups excluding carboxylic acids is 1. The van der Waals surface area contributed by atoms with Crippen molar-refractivity contribution in [1.29, 1.82) is 0 Å². The average molecular weight is 357 g/mol. The molecule has 1 saturated heterocycles. The molecule has 0 radical (unpaired) electrons. The Hall–Kier alpha value is -2.41. The minimum absolute atomic E-state index is 0.0243. The predicted octanol–water partition coefficient (Wildman–Crippen LogP) is 4.46. The Kier molecular flexibility index (Phi) is 4.40. The van der Waals surface area contributed by atoms with E-state index in [-0.39, 0.29) is 11.9 Å². The van der Waals surface area contributed by atoms with Gasteiger partial charge in [0.05, 0.1) is 15.8 Å². The van der Waals surface area contributed by atoms with Gasteiger partial charge in [-0.3, -0.25) is 4.79 Å². The van der Waals surface area contributed by atoms with Crippen LogP contribution in [-0.2, 0) is 0 Å². The van der Waals surface area contributed by atoms with Gasteiger partial charge in [-0.1, -0.05) is 18.0 Å². The van der Waals surface area contributed by atoms with E-state index in [9.17, 15) is 4.79 Å². The average Bonchev–Trinajstić information content (AvgIpc) is 3.34. The quantitative estimate of drug-likeness (QED) is 0.692. The second-order valence-electron chi connectivity index (χ2n) is 6.23. The maximum atomic E-state index is 13.1. The smallest absolute Gasteiger partial charge is 0.264 e. The van der Waals surface area contributed by atoms with Crippen LogP contribution in [0.15, 0.2) is 39.6 Å². The zero-order chi connectivity index (χ0) is 17.2. The van der Waals surface area contributed by atoms with Crippen LogP contribution in [-0.4, -0.2) is 27.5 Å². The molecule has 0 aliphatic carbocycles. The van der Waals surface area contributed by atoms with Crippen LogP contribution >= 0.6 is 11.3 Å². The number of thiophene rings is 1. The van der Waals surface area contributed by atoms with E-state index >= 15 is 0 Å². The van der Waals surface area contributed by atoms with Gasteiger partial charge >= 0.3 is 0 Å². The molecule has 0 spiro atoms. The normalized spacial score (nSPS) is 18.3. The summed E-state index contributed by atoms with van der Waals surface area (Å²) in [6, 6.07) is 7.56. The summed E-state index contributed by atoms with van der Waals surface area (Å²) in [6.07, 6.45) is 5.35. The lowest BCUT2D eigenvalue weighted by molar-refractivity contribution is 0.0675. The van der Waals surface area contributed by atoms with Crippen LogP contribution in [0.25, 0.3) is 10.6 Å². The van der Waals surface area contributed by atoms with Gasteiger partial charge in [-0.2, -0.15) is 4.98 Å². The summed E-state index contributed by atoms with van der Waals surface area (Å²) >= 11 is 1.46. The van der Waals surface area contributed by atoms with E-state index in [1.807, 2.05) is 36.1 Å². The molecule has 1 amide bonds. The third kappa shape index (κ3) is 3.24. The second-order valence-corrected chi connectivity index (χ2v) is 7.31. The van der Waals surface area contributed by atoms with Gasteiger partial charge in [0.2, 0.25) is 6.39 Å². The largest absolute Gasteiger partial charge is 0.461 e. The molecule has 0 bridgehead atoms. The summed E-state index contributed by atoms with van der Waals surface area (Å²) < 4.78 is 10.6. The molecule has 3 aromatic rings. The number of hydrogen-bond donors (Lipinski definition) is 0. The van der Waals surface area contributed by atoms with Gasteiger partial charge in [0.25, 0.3) is 5.91 Å². The molecule has 1 aliphatic rings. The molecule has 1 unspecified atom stereocenters. The van der Waals surface area contributed by atoms with Gasteiger partial charge in [0.1, 0.15) is 11.5 Å². The van der Waals surface area contributed by atoms with E-state index in [0.29, 0.717) is 17.2 Å². The van der Waals surface area contributed by atoms with E-state index in [1.54, 1.807) is 0 Å².